The van der Waals surface area contributed by atoms with Gasteiger partial charge in [0.1, 0.15) is 12.4 Å². The number of rotatable bonds is 11. The van der Waals surface area contributed by atoms with Crippen molar-refractivity contribution in [3.05, 3.63) is 58.1 Å². The normalized spacial score (nSPS) is 23.1. The predicted octanol–water partition coefficient (Wildman–Crippen LogP) is 5.02. The van der Waals surface area contributed by atoms with Gasteiger partial charge in [0.2, 0.25) is 5.91 Å². The molecule has 276 valence electrons. The maximum Gasteiger partial charge on any atom is 0.303 e. The second-order valence-corrected chi connectivity index (χ2v) is 16.6. The van der Waals surface area contributed by atoms with Crippen LogP contribution in [-0.4, -0.2) is 87.5 Å². The van der Waals surface area contributed by atoms with Crippen molar-refractivity contribution in [2.75, 3.05) is 45.7 Å². The van der Waals surface area contributed by atoms with Gasteiger partial charge in [-0.25, -0.2) is 4.72 Å². The molecule has 2 fully saturated rings. The summed E-state index contributed by atoms with van der Waals surface area (Å²) in [5.74, 6) is -0.277. The summed E-state index contributed by atoms with van der Waals surface area (Å²) in [5, 5.41) is 13.0. The van der Waals surface area contributed by atoms with Crippen molar-refractivity contribution in [3.63, 3.8) is 0 Å². The summed E-state index contributed by atoms with van der Waals surface area (Å²) in [6, 6.07) is 10.8. The lowest BCUT2D eigenvalue weighted by Gasteiger charge is -2.43. The highest BCUT2D eigenvalue weighted by Gasteiger charge is 2.45. The summed E-state index contributed by atoms with van der Waals surface area (Å²) >= 11 is 6.36. The molecular formula is C37H53ClN4O7S. The predicted molar refractivity (Wildman–Crippen MR) is 194 cm³/mol. The number of ether oxygens (including phenoxy) is 2. The average molecular weight is 733 g/mol. The van der Waals surface area contributed by atoms with Gasteiger partial charge in [0, 0.05) is 51.9 Å². The molecule has 0 bridgehead atoms. The molecule has 2 aromatic rings. The highest BCUT2D eigenvalue weighted by atomic mass is 35.5. The molecule has 1 saturated heterocycles. The van der Waals surface area contributed by atoms with Crippen molar-refractivity contribution in [1.82, 2.24) is 13.9 Å². The number of carbonyl (C=O) groups is 2. The van der Waals surface area contributed by atoms with Crippen LogP contribution in [0.4, 0.5) is 5.69 Å². The average Bonchev–Trinajstić information content (AvgIpc) is 3.55. The fourth-order valence-corrected chi connectivity index (χ4v) is 8.39. The van der Waals surface area contributed by atoms with Crippen LogP contribution in [0.3, 0.4) is 0 Å². The highest BCUT2D eigenvalue weighted by molar-refractivity contribution is 7.87. The van der Waals surface area contributed by atoms with E-state index in [0.717, 1.165) is 66.8 Å². The zero-order chi connectivity index (χ0) is 36.2. The first-order valence-corrected chi connectivity index (χ1v) is 19.7. The number of hydrogen-bond donors (Lipinski definition) is 2. The van der Waals surface area contributed by atoms with Crippen LogP contribution in [0.5, 0.6) is 5.75 Å². The van der Waals surface area contributed by atoms with Crippen molar-refractivity contribution in [2.45, 2.75) is 96.0 Å². The van der Waals surface area contributed by atoms with E-state index in [1.165, 1.54) is 14.1 Å². The Morgan fingerprint density at radius 3 is 2.56 bits per heavy atom. The van der Waals surface area contributed by atoms with Gasteiger partial charge in [-0.1, -0.05) is 30.7 Å². The number of likely N-dealkylation sites (tertiary alicyclic amines) is 1. The molecule has 50 heavy (non-hydrogen) atoms. The van der Waals surface area contributed by atoms with Crippen molar-refractivity contribution in [3.8, 4) is 5.75 Å². The van der Waals surface area contributed by atoms with Crippen LogP contribution in [0, 0.1) is 11.8 Å². The molecule has 13 heteroatoms. The van der Waals surface area contributed by atoms with Crippen LogP contribution in [0.1, 0.15) is 81.9 Å². The number of nitrogens with one attached hydrogen (secondary N) is 1. The Balaban J connectivity index is 1.58. The highest BCUT2D eigenvalue weighted by Crippen LogP contribution is 2.42. The fourth-order valence-electron chi connectivity index (χ4n) is 7.61. The van der Waals surface area contributed by atoms with E-state index in [2.05, 4.69) is 11.8 Å². The van der Waals surface area contributed by atoms with Crippen LogP contribution in [0.25, 0.3) is 0 Å². The Labute approximate surface area is 302 Å². The molecule has 1 unspecified atom stereocenters. The lowest BCUT2D eigenvalue weighted by atomic mass is 9.70. The third-order valence-electron chi connectivity index (χ3n) is 11.0. The van der Waals surface area contributed by atoms with E-state index in [-0.39, 0.29) is 24.3 Å². The Bertz CT molecular complexity index is 1640. The molecule has 2 aromatic carbocycles. The van der Waals surface area contributed by atoms with Crippen LogP contribution in [0.2, 0.25) is 5.02 Å². The summed E-state index contributed by atoms with van der Waals surface area (Å²) in [6.45, 7) is 6.31. The van der Waals surface area contributed by atoms with Gasteiger partial charge in [-0.3, -0.25) is 9.59 Å². The minimum Gasteiger partial charge on any atom is -0.487 e. The van der Waals surface area contributed by atoms with Gasteiger partial charge in [-0.2, -0.15) is 12.7 Å². The van der Waals surface area contributed by atoms with Crippen molar-refractivity contribution in [2.24, 2.45) is 11.8 Å². The third-order valence-corrected chi connectivity index (χ3v) is 12.7. The molecule has 5 rings (SSSR count). The number of amides is 2. The Hall–Kier alpha value is -2.90. The summed E-state index contributed by atoms with van der Waals surface area (Å²) in [7, 11) is 0.0324. The van der Waals surface area contributed by atoms with Crippen LogP contribution in [-0.2, 0) is 43.2 Å². The first-order chi connectivity index (χ1) is 23.8. The number of carbonyl (C=O) groups excluding carboxylic acids is 2. The van der Waals surface area contributed by atoms with E-state index in [1.807, 2.05) is 29.8 Å². The maximum absolute atomic E-state index is 13.9. The van der Waals surface area contributed by atoms with E-state index in [1.54, 1.807) is 30.2 Å². The van der Waals surface area contributed by atoms with E-state index in [4.69, 9.17) is 21.1 Å². The molecule has 2 aliphatic heterocycles. The van der Waals surface area contributed by atoms with Gasteiger partial charge < -0.3 is 24.4 Å². The molecule has 11 nitrogen and oxygen atoms in total. The van der Waals surface area contributed by atoms with Gasteiger partial charge in [0.25, 0.3) is 5.91 Å². The van der Waals surface area contributed by atoms with E-state index < -0.39 is 34.0 Å². The van der Waals surface area contributed by atoms with Gasteiger partial charge in [-0.15, -0.1) is 0 Å². The number of halogens is 1. The minimum absolute atomic E-state index is 0.000649. The summed E-state index contributed by atoms with van der Waals surface area (Å²) in [4.78, 5) is 31.7. The maximum atomic E-state index is 13.9. The van der Waals surface area contributed by atoms with Gasteiger partial charge in [-0.05, 0) is 111 Å². The van der Waals surface area contributed by atoms with Crippen molar-refractivity contribution in [1.29, 1.82) is 0 Å². The van der Waals surface area contributed by atoms with Crippen molar-refractivity contribution >= 4 is 39.3 Å². The molecule has 1 saturated carbocycles. The van der Waals surface area contributed by atoms with Crippen LogP contribution < -0.4 is 14.4 Å². The molecule has 2 N–H and O–H groups in total. The van der Waals surface area contributed by atoms with E-state index in [9.17, 15) is 23.1 Å². The zero-order valence-electron chi connectivity index (χ0n) is 30.0. The number of aryl methyl sites for hydroxylation is 1. The second-order valence-electron chi connectivity index (χ2n) is 14.3. The van der Waals surface area contributed by atoms with Crippen LogP contribution >= 0.6 is 11.6 Å². The summed E-state index contributed by atoms with van der Waals surface area (Å²) in [6.07, 6.45) is 6.66. The van der Waals surface area contributed by atoms with E-state index >= 15 is 0 Å². The largest absolute Gasteiger partial charge is 0.487 e. The monoisotopic (exact) mass is 732 g/mol. The molecule has 1 aliphatic carbocycles. The Morgan fingerprint density at radius 1 is 1.10 bits per heavy atom. The van der Waals surface area contributed by atoms with Gasteiger partial charge in [0.05, 0.1) is 18.2 Å². The van der Waals surface area contributed by atoms with Gasteiger partial charge in [0.15, 0.2) is 5.60 Å². The second kappa shape index (κ2) is 16.2. The van der Waals surface area contributed by atoms with Crippen molar-refractivity contribution < 1.29 is 32.6 Å². The zero-order valence-corrected chi connectivity index (χ0v) is 31.6. The molecule has 0 radical (unpaired) electrons. The molecule has 0 spiro atoms. The summed E-state index contributed by atoms with van der Waals surface area (Å²) < 4.78 is 40.8. The fraction of sp³-hybridized carbons (Fsp3) is 0.622. The number of fused-ring (bicyclic) bond motifs is 2. The van der Waals surface area contributed by atoms with E-state index in [0.29, 0.717) is 47.9 Å². The molecule has 5 atom stereocenters. The Morgan fingerprint density at radius 2 is 1.88 bits per heavy atom. The first kappa shape index (κ1) is 38.3. The minimum atomic E-state index is -4.28. The third kappa shape index (κ3) is 8.41. The Kier molecular flexibility index (Phi) is 12.4. The molecule has 0 aromatic heterocycles. The first-order valence-electron chi connectivity index (χ1n) is 17.9. The molecule has 2 heterocycles. The number of aliphatic hydroxyl groups is 1. The standard InChI is InChI=1S/C37H53ClN4O7S/c1-6-31-11-9-19-42(31)35(43)22-37(45,36(44)39-50(46,47)40(3)4)29-14-17-34-33(21-29)41(23-27-13-16-32(27)25(2)48-5)18-8-7-10-26-20-30(38)15-12-28(26)24-49-34/h12,14-15,17,20-21,25,27,31-32,45H,6-11,13,16,18-19,22-24H2,1-5H3,(H,39,44)/t25-,27-,31+,32-,37?/m0/s1. The number of hydrogen-bond acceptors (Lipinski definition) is 8. The quantitative estimate of drug-likeness (QED) is 0.330. The van der Waals surface area contributed by atoms with Gasteiger partial charge >= 0.3 is 10.2 Å². The lowest BCUT2D eigenvalue weighted by molar-refractivity contribution is -0.149. The van der Waals surface area contributed by atoms with Crippen LogP contribution in [0.15, 0.2) is 36.4 Å². The summed E-state index contributed by atoms with van der Waals surface area (Å²) in [5.41, 5.74) is 0.473. The lowest BCUT2D eigenvalue weighted by Crippen LogP contribution is -2.52. The number of nitrogens with zero attached hydrogens (tertiary/aromatic N) is 3. The molecule has 2 amide bonds. The number of benzene rings is 2. The molecular weight excluding hydrogens is 680 g/mol. The smallest absolute Gasteiger partial charge is 0.303 e. The number of anilines is 1. The number of methoxy groups -OCH3 is 1. The topological polar surface area (TPSA) is 129 Å². The molecule has 3 aliphatic rings. The SMILES string of the molecule is CC[C@@H]1CCCN1C(=O)CC(O)(C(=O)NS(=O)(=O)N(C)C)c1ccc2c(c1)N(C[C@@H]1CC[C@H]1[C@H](C)OC)CCCCc1cc(Cl)ccc1CO2.